The molecule has 0 atom stereocenters. The molecule has 0 aliphatic carbocycles. The average molecular weight is 439 g/mol. The first-order chi connectivity index (χ1) is 10.6. The predicted octanol–water partition coefficient (Wildman–Crippen LogP) is 6.05. The molecule has 0 amide bonds. The molecule has 0 spiro atoms. The van der Waals surface area contributed by atoms with E-state index in [1.807, 2.05) is 30.3 Å². The molecule has 1 nitrogen and oxygen atoms in total. The molecule has 0 saturated carbocycles. The van der Waals surface area contributed by atoms with Crippen LogP contribution in [0.3, 0.4) is 0 Å². The van der Waals surface area contributed by atoms with Gasteiger partial charge in [0.2, 0.25) is 0 Å². The summed E-state index contributed by atoms with van der Waals surface area (Å²) >= 11 is -2.13. The molecule has 0 unspecified atom stereocenters. The molecule has 0 bridgehead atoms. The van der Waals surface area contributed by atoms with Crippen molar-refractivity contribution < 1.29 is 18.2 Å². The second-order valence-corrected chi connectivity index (χ2v) is 15.5. The molecule has 0 N–H and O–H groups in total. The quantitative estimate of drug-likeness (QED) is 0.513. The summed E-state index contributed by atoms with van der Waals surface area (Å²) in [6.45, 7) is 7.70. The number of rotatable bonds is 5. The van der Waals surface area contributed by atoms with Gasteiger partial charge >= 0.3 is 43.7 Å². The zero-order valence-corrected chi connectivity index (χ0v) is 17.8. The van der Waals surface area contributed by atoms with Crippen LogP contribution < -0.4 is 0 Å². The van der Waals surface area contributed by atoms with Crippen LogP contribution in [-0.4, -0.2) is 24.5 Å². The summed E-state index contributed by atoms with van der Waals surface area (Å²) in [6, 6.07) is 20.5. The molecule has 0 fully saturated rings. The fraction of sp³-hybridized carbons (Fsp3) is 0.294. The first-order valence-electron chi connectivity index (χ1n) is 7.20. The van der Waals surface area contributed by atoms with Gasteiger partial charge in [0.25, 0.3) is 0 Å². The molecule has 2 rings (SSSR count). The van der Waals surface area contributed by atoms with Crippen LogP contribution in [0, 0.1) is 6.42 Å². The Morgan fingerprint density at radius 1 is 0.955 bits per heavy atom. The predicted molar refractivity (Wildman–Crippen MR) is 97.2 cm³/mol. The topological polar surface area (TPSA) is 3.24 Å². The minimum atomic E-state index is -2.13. The molecule has 5 heteroatoms. The summed E-state index contributed by atoms with van der Waals surface area (Å²) in [6.07, 6.45) is 2.27. The summed E-state index contributed by atoms with van der Waals surface area (Å²) in [5.74, 6) is 0. The number of hydrogen-bond donors (Lipinski definition) is 0. The van der Waals surface area contributed by atoms with Crippen molar-refractivity contribution in [1.29, 1.82) is 0 Å². The first kappa shape index (κ1) is 22.2. The van der Waals surface area contributed by atoms with Crippen molar-refractivity contribution in [2.24, 2.45) is 0 Å². The summed E-state index contributed by atoms with van der Waals surface area (Å²) in [4.78, 5) is 2.40. The number of hydrogen-bond acceptors (Lipinski definition) is 1. The molecule has 0 radical (unpaired) electrons. The van der Waals surface area contributed by atoms with Gasteiger partial charge in [-0.15, -0.1) is 12.1 Å². The molecule has 2 aromatic rings. The van der Waals surface area contributed by atoms with Crippen molar-refractivity contribution in [2.75, 3.05) is 19.6 Å². The maximum Gasteiger partial charge on any atom is -0.172 e. The van der Waals surface area contributed by atoms with E-state index < -0.39 is 18.2 Å². The molecular formula is C17H23Cl3NZr-2. The van der Waals surface area contributed by atoms with E-state index in [1.54, 1.807) is 0 Å². The Bertz CT molecular complexity index is 397. The Morgan fingerprint density at radius 3 is 1.82 bits per heavy atom. The van der Waals surface area contributed by atoms with E-state index in [1.165, 1.54) is 5.56 Å². The van der Waals surface area contributed by atoms with Gasteiger partial charge < -0.3 is 4.90 Å². The van der Waals surface area contributed by atoms with Crippen LogP contribution in [0.1, 0.15) is 19.4 Å². The summed E-state index contributed by atoms with van der Waals surface area (Å²) in [7, 11) is 15.0. The van der Waals surface area contributed by atoms with Gasteiger partial charge in [-0.3, -0.25) is 0 Å². The van der Waals surface area contributed by atoms with Crippen LogP contribution in [0.5, 0.6) is 0 Å². The van der Waals surface area contributed by atoms with Crippen LogP contribution in [0.25, 0.3) is 0 Å². The van der Waals surface area contributed by atoms with E-state index in [0.29, 0.717) is 0 Å². The number of benzene rings is 1. The number of nitrogens with zero attached hydrogens (tertiary/aromatic N) is 1. The Labute approximate surface area is 153 Å². The van der Waals surface area contributed by atoms with E-state index in [-0.39, 0.29) is 0 Å². The molecule has 22 heavy (non-hydrogen) atoms. The minimum Gasteiger partial charge on any atom is -0.214 e. The molecule has 0 saturated heterocycles. The van der Waals surface area contributed by atoms with Crippen LogP contribution in [0.4, 0.5) is 0 Å². The third-order valence-electron chi connectivity index (χ3n) is 2.83. The van der Waals surface area contributed by atoms with Gasteiger partial charge in [0.1, 0.15) is 0 Å². The molecular weight excluding hydrogens is 416 g/mol. The van der Waals surface area contributed by atoms with Crippen LogP contribution in [0.2, 0.25) is 0 Å². The van der Waals surface area contributed by atoms with Gasteiger partial charge in [-0.25, -0.2) is 12.1 Å². The van der Waals surface area contributed by atoms with E-state index >= 15 is 0 Å². The third kappa shape index (κ3) is 15.1. The molecule has 0 heterocycles. The van der Waals surface area contributed by atoms with Crippen LogP contribution >= 0.6 is 25.5 Å². The van der Waals surface area contributed by atoms with Gasteiger partial charge in [-0.2, -0.15) is 42.3 Å². The Balaban J connectivity index is 0.000000400. The van der Waals surface area contributed by atoms with Crippen molar-refractivity contribution in [3.63, 3.8) is 0 Å². The van der Waals surface area contributed by atoms with E-state index in [2.05, 4.69) is 55.5 Å². The van der Waals surface area contributed by atoms with E-state index in [0.717, 1.165) is 19.6 Å². The smallest absolute Gasteiger partial charge is 0.172 e. The maximum absolute atomic E-state index is 5.00. The van der Waals surface area contributed by atoms with Crippen molar-refractivity contribution in [3.8, 4) is 0 Å². The van der Waals surface area contributed by atoms with E-state index in [9.17, 15) is 0 Å². The molecule has 0 aromatic heterocycles. The van der Waals surface area contributed by atoms with Crippen molar-refractivity contribution in [2.45, 2.75) is 13.8 Å². The number of likely N-dealkylation sites (N-methyl/N-ethyl adjacent to an activating group) is 1. The van der Waals surface area contributed by atoms with Crippen molar-refractivity contribution in [3.05, 3.63) is 72.6 Å². The van der Waals surface area contributed by atoms with E-state index in [4.69, 9.17) is 25.5 Å². The van der Waals surface area contributed by atoms with Crippen LogP contribution in [0.15, 0.2) is 60.7 Å². The SMILES string of the molecule is CCN(CC)C[CH-]c1ccccc1.[Cl][Zr]([Cl])[Cl].c1cc[cH-]c1. The molecule has 0 aliphatic heterocycles. The normalized spacial score (nSPS) is 9.18. The average Bonchev–Trinajstić information content (AvgIpc) is 3.08. The van der Waals surface area contributed by atoms with Gasteiger partial charge in [0.05, 0.1) is 0 Å². The van der Waals surface area contributed by atoms with Gasteiger partial charge in [-0.1, -0.05) is 19.9 Å². The van der Waals surface area contributed by atoms with Crippen molar-refractivity contribution in [1.82, 2.24) is 4.90 Å². The second kappa shape index (κ2) is 16.0. The van der Waals surface area contributed by atoms with Gasteiger partial charge in [-0.05, 0) is 19.6 Å². The molecule has 0 aliphatic rings. The summed E-state index contributed by atoms with van der Waals surface area (Å²) in [5, 5.41) is 0. The number of halogens is 3. The zero-order valence-electron chi connectivity index (χ0n) is 13.1. The minimum absolute atomic E-state index is 1.05. The second-order valence-electron chi connectivity index (χ2n) is 4.28. The van der Waals surface area contributed by atoms with Crippen molar-refractivity contribution >= 4 is 25.5 Å². The Kier molecular flexibility index (Phi) is 16.1. The Morgan fingerprint density at radius 2 is 1.45 bits per heavy atom. The monoisotopic (exact) mass is 436 g/mol. The largest absolute Gasteiger partial charge is 0.214 e. The maximum atomic E-state index is 5.00. The first-order valence-corrected chi connectivity index (χ1v) is 16.7. The van der Waals surface area contributed by atoms with Gasteiger partial charge in [0.15, 0.2) is 0 Å². The molecule has 123 valence electrons. The summed E-state index contributed by atoms with van der Waals surface area (Å²) < 4.78 is 0. The zero-order chi connectivity index (χ0) is 16.6. The Hall–Kier alpha value is 0.153. The van der Waals surface area contributed by atoms with Gasteiger partial charge in [0, 0.05) is 0 Å². The molecule has 2 aromatic carbocycles. The standard InChI is InChI=1S/C12H18N.C5H5.3ClH.Zr/c1-3-13(4-2)11-10-12-8-6-5-7-9-12;1-2-4-5-3-1;;;;/h5-10H,3-4,11H2,1-2H3;1-5H;3*1H;/q2*-1;;;;+3/p-3. The fourth-order valence-corrected chi connectivity index (χ4v) is 1.63. The van der Waals surface area contributed by atoms with Crippen LogP contribution in [-0.2, 0) is 18.2 Å². The fourth-order valence-electron chi connectivity index (χ4n) is 1.63. The third-order valence-corrected chi connectivity index (χ3v) is 2.83. The summed E-state index contributed by atoms with van der Waals surface area (Å²) in [5.41, 5.74) is 1.31.